The van der Waals surface area contributed by atoms with E-state index in [-0.39, 0.29) is 17.9 Å². The fourth-order valence-electron chi connectivity index (χ4n) is 5.25. The highest BCUT2D eigenvalue weighted by molar-refractivity contribution is 5.89. The van der Waals surface area contributed by atoms with Crippen molar-refractivity contribution in [2.45, 2.75) is 82.0 Å². The normalized spacial score (nSPS) is 30.2. The zero-order valence-corrected chi connectivity index (χ0v) is 14.7. The number of hydrogen-bond donors (Lipinski definition) is 2. The van der Waals surface area contributed by atoms with Gasteiger partial charge in [-0.2, -0.15) is 0 Å². The van der Waals surface area contributed by atoms with Crippen molar-refractivity contribution in [3.8, 4) is 0 Å². The molecule has 3 atom stereocenters. The maximum atomic E-state index is 13.2. The summed E-state index contributed by atoms with van der Waals surface area (Å²) in [6.07, 6.45) is 11.4. The van der Waals surface area contributed by atoms with E-state index in [9.17, 15) is 9.18 Å². The first-order valence-electron chi connectivity index (χ1n) is 9.79. The van der Waals surface area contributed by atoms with E-state index in [0.717, 1.165) is 18.9 Å². The van der Waals surface area contributed by atoms with Crippen LogP contribution < -0.4 is 10.6 Å². The number of carbonyl (C=O) groups excluding carboxylic acids is 1. The van der Waals surface area contributed by atoms with Crippen molar-refractivity contribution in [2.24, 2.45) is 0 Å². The van der Waals surface area contributed by atoms with Crippen LogP contribution in [0.2, 0.25) is 0 Å². The van der Waals surface area contributed by atoms with Crippen LogP contribution in [0.4, 0.5) is 14.9 Å². The fraction of sp³-hybridized carbons (Fsp3) is 0.650. The van der Waals surface area contributed by atoms with Crippen LogP contribution in [0.25, 0.3) is 0 Å². The Balaban J connectivity index is 1.35. The van der Waals surface area contributed by atoms with Crippen molar-refractivity contribution in [3.63, 3.8) is 0 Å². The number of halogens is 1. The number of urea groups is 1. The van der Waals surface area contributed by atoms with E-state index in [2.05, 4.69) is 15.5 Å². The molecule has 0 radical (unpaired) electrons. The van der Waals surface area contributed by atoms with E-state index in [1.54, 1.807) is 12.1 Å². The van der Waals surface area contributed by atoms with Crippen LogP contribution >= 0.6 is 0 Å². The number of amides is 2. The monoisotopic (exact) mass is 345 g/mol. The van der Waals surface area contributed by atoms with E-state index in [1.807, 2.05) is 0 Å². The van der Waals surface area contributed by atoms with Crippen LogP contribution in [-0.4, -0.2) is 35.1 Å². The molecule has 2 bridgehead atoms. The third kappa shape index (κ3) is 3.81. The molecule has 1 aromatic carbocycles. The molecule has 136 valence electrons. The molecular weight excluding hydrogens is 317 g/mol. The summed E-state index contributed by atoms with van der Waals surface area (Å²) in [6.45, 7) is 0. The molecule has 3 aliphatic rings. The molecule has 2 saturated heterocycles. The smallest absolute Gasteiger partial charge is 0.319 e. The van der Waals surface area contributed by atoms with Gasteiger partial charge in [-0.3, -0.25) is 4.90 Å². The van der Waals surface area contributed by atoms with Crippen LogP contribution in [0, 0.1) is 5.82 Å². The van der Waals surface area contributed by atoms with E-state index in [4.69, 9.17) is 0 Å². The van der Waals surface area contributed by atoms with Gasteiger partial charge in [-0.25, -0.2) is 9.18 Å². The van der Waals surface area contributed by atoms with E-state index < -0.39 is 0 Å². The van der Waals surface area contributed by atoms with Gasteiger partial charge in [0.25, 0.3) is 0 Å². The van der Waals surface area contributed by atoms with Crippen LogP contribution in [0.15, 0.2) is 24.3 Å². The zero-order chi connectivity index (χ0) is 17.2. The molecule has 1 aliphatic carbocycles. The number of carbonyl (C=O) groups is 1. The summed E-state index contributed by atoms with van der Waals surface area (Å²) < 4.78 is 13.2. The highest BCUT2D eigenvalue weighted by atomic mass is 19.1. The molecular formula is C20H28FN3O. The Morgan fingerprint density at radius 3 is 2.36 bits per heavy atom. The van der Waals surface area contributed by atoms with Crippen LogP contribution in [0.5, 0.6) is 0 Å². The first kappa shape index (κ1) is 16.8. The molecule has 25 heavy (non-hydrogen) atoms. The molecule has 4 nitrogen and oxygen atoms in total. The largest absolute Gasteiger partial charge is 0.335 e. The van der Waals surface area contributed by atoms with Crippen LogP contribution in [0.1, 0.15) is 57.8 Å². The number of hydrogen-bond acceptors (Lipinski definition) is 2. The Hall–Kier alpha value is -1.62. The van der Waals surface area contributed by atoms with Gasteiger partial charge in [-0.1, -0.05) is 25.3 Å². The number of piperidine rings is 2. The van der Waals surface area contributed by atoms with Gasteiger partial charge in [0.2, 0.25) is 0 Å². The lowest BCUT2D eigenvalue weighted by Crippen LogP contribution is -2.59. The zero-order valence-electron chi connectivity index (χ0n) is 14.7. The van der Waals surface area contributed by atoms with Gasteiger partial charge in [-0.05, 0) is 56.7 Å². The summed E-state index contributed by atoms with van der Waals surface area (Å²) in [5, 5.41) is 5.89. The van der Waals surface area contributed by atoms with Crippen LogP contribution in [0.3, 0.4) is 0 Å². The van der Waals surface area contributed by atoms with Gasteiger partial charge in [-0.15, -0.1) is 0 Å². The van der Waals surface area contributed by atoms with Crippen LogP contribution in [-0.2, 0) is 0 Å². The molecule has 0 aromatic heterocycles. The lowest BCUT2D eigenvalue weighted by atomic mass is 9.80. The Bertz CT molecular complexity index is 603. The first-order chi connectivity index (χ1) is 12.2. The average molecular weight is 345 g/mol. The number of anilines is 1. The molecule has 1 unspecified atom stereocenters. The molecule has 5 heteroatoms. The van der Waals surface area contributed by atoms with Crippen molar-refractivity contribution in [1.82, 2.24) is 10.2 Å². The summed E-state index contributed by atoms with van der Waals surface area (Å²) in [6, 6.07) is 8.06. The number of rotatable bonds is 3. The summed E-state index contributed by atoms with van der Waals surface area (Å²) in [7, 11) is 0. The molecule has 1 saturated carbocycles. The van der Waals surface area contributed by atoms with Crippen molar-refractivity contribution in [1.29, 1.82) is 0 Å². The maximum Gasteiger partial charge on any atom is 0.319 e. The molecule has 2 heterocycles. The third-order valence-electron chi connectivity index (χ3n) is 6.20. The molecule has 4 rings (SSSR count). The highest BCUT2D eigenvalue weighted by Gasteiger charge is 2.42. The molecule has 1 aromatic rings. The third-order valence-corrected chi connectivity index (χ3v) is 6.20. The SMILES string of the molecule is O=C(Nc1cccc(F)c1)NC1C[C@H]2CCC[C@@H](C1)N2C1CCCC1. The van der Waals surface area contributed by atoms with Gasteiger partial charge in [0.1, 0.15) is 5.82 Å². The molecule has 2 N–H and O–H groups in total. The fourth-order valence-corrected chi connectivity index (χ4v) is 5.25. The molecule has 2 aliphatic heterocycles. The summed E-state index contributed by atoms with van der Waals surface area (Å²) in [5.41, 5.74) is 0.501. The van der Waals surface area contributed by atoms with Crippen molar-refractivity contribution >= 4 is 11.7 Å². The number of nitrogens with one attached hydrogen (secondary N) is 2. The van der Waals surface area contributed by atoms with E-state index in [1.165, 1.54) is 57.1 Å². The standard InChI is InChI=1S/C20H28FN3O/c21-14-5-3-6-15(11-14)22-20(25)23-16-12-18-9-4-10-19(13-16)24(18)17-7-1-2-8-17/h3,5-6,11,16-19H,1-2,4,7-10,12-13H2,(H2,22,23,25)/t16?,18-,19+. The second kappa shape index (κ2) is 7.32. The quantitative estimate of drug-likeness (QED) is 0.859. The highest BCUT2D eigenvalue weighted by Crippen LogP contribution is 2.39. The van der Waals surface area contributed by atoms with Crippen molar-refractivity contribution < 1.29 is 9.18 Å². The lowest BCUT2D eigenvalue weighted by Gasteiger charge is -2.51. The Morgan fingerprint density at radius 1 is 1.00 bits per heavy atom. The second-order valence-corrected chi connectivity index (χ2v) is 7.90. The number of nitrogens with zero attached hydrogens (tertiary/aromatic N) is 1. The second-order valence-electron chi connectivity index (χ2n) is 7.90. The van der Waals surface area contributed by atoms with Gasteiger partial charge in [0.15, 0.2) is 0 Å². The van der Waals surface area contributed by atoms with Gasteiger partial charge in [0, 0.05) is 29.9 Å². The average Bonchev–Trinajstić information content (AvgIpc) is 3.08. The van der Waals surface area contributed by atoms with Gasteiger partial charge >= 0.3 is 6.03 Å². The molecule has 2 amide bonds. The van der Waals surface area contributed by atoms with Crippen molar-refractivity contribution in [3.05, 3.63) is 30.1 Å². The maximum absolute atomic E-state index is 13.2. The lowest BCUT2D eigenvalue weighted by molar-refractivity contribution is -0.00680. The van der Waals surface area contributed by atoms with E-state index in [0.29, 0.717) is 17.8 Å². The first-order valence-corrected chi connectivity index (χ1v) is 9.79. The summed E-state index contributed by atoms with van der Waals surface area (Å²) in [5.74, 6) is -0.336. The van der Waals surface area contributed by atoms with Crippen molar-refractivity contribution in [2.75, 3.05) is 5.32 Å². The topological polar surface area (TPSA) is 44.4 Å². The predicted molar refractivity (Wildman–Crippen MR) is 97.1 cm³/mol. The number of fused-ring (bicyclic) bond motifs is 2. The van der Waals surface area contributed by atoms with Gasteiger partial charge < -0.3 is 10.6 Å². The number of benzene rings is 1. The van der Waals surface area contributed by atoms with Gasteiger partial charge in [0.05, 0.1) is 0 Å². The molecule has 3 fully saturated rings. The van der Waals surface area contributed by atoms with E-state index >= 15 is 0 Å². The minimum absolute atomic E-state index is 0.219. The molecule has 0 spiro atoms. The predicted octanol–water partition coefficient (Wildman–Crippen LogP) is 4.28. The Morgan fingerprint density at radius 2 is 1.68 bits per heavy atom. The summed E-state index contributed by atoms with van der Waals surface area (Å²) in [4.78, 5) is 15.1. The Labute approximate surface area is 149 Å². The minimum atomic E-state index is -0.336. The summed E-state index contributed by atoms with van der Waals surface area (Å²) >= 11 is 0. The minimum Gasteiger partial charge on any atom is -0.335 e. The Kier molecular flexibility index (Phi) is 4.93.